The molecule has 4 N–H and O–H groups in total. The number of nitrogens with two attached hydrogens (primary N) is 1. The van der Waals surface area contributed by atoms with Crippen molar-refractivity contribution in [2.45, 2.75) is 6.54 Å². The Hall–Kier alpha value is -2.61. The summed E-state index contributed by atoms with van der Waals surface area (Å²) in [6.07, 6.45) is 1.53. The van der Waals surface area contributed by atoms with Gasteiger partial charge in [-0.3, -0.25) is 16.0 Å². The molecule has 1 aromatic heterocycles. The standard InChI is InChI=1S/C10H11N5O3/c11-14-8-3-7(4-9(5-8)15(16)17)12-6-10-1-2-13-18-10/h1-5,12,14H,6,11H2. The molecule has 2 aromatic rings. The number of aromatic nitrogens is 1. The fraction of sp³-hybridized carbons (Fsp3) is 0.100. The van der Waals surface area contributed by atoms with Gasteiger partial charge in [0, 0.05) is 23.9 Å². The number of anilines is 2. The SMILES string of the molecule is NNc1cc(NCc2ccno2)cc([N+](=O)[O-])c1. The van der Waals surface area contributed by atoms with Crippen molar-refractivity contribution >= 4 is 17.1 Å². The largest absolute Gasteiger partial charge is 0.377 e. The number of hydrogen-bond donors (Lipinski definition) is 3. The Morgan fingerprint density at radius 2 is 2.17 bits per heavy atom. The first-order valence-corrected chi connectivity index (χ1v) is 5.08. The second kappa shape index (κ2) is 5.15. The summed E-state index contributed by atoms with van der Waals surface area (Å²) in [5.74, 6) is 5.88. The normalized spacial score (nSPS) is 10.1. The van der Waals surface area contributed by atoms with Crippen LogP contribution < -0.4 is 16.6 Å². The molecule has 8 nitrogen and oxygen atoms in total. The number of hydrogen-bond acceptors (Lipinski definition) is 7. The Balaban J connectivity index is 2.16. The molecular formula is C10H11N5O3. The van der Waals surface area contributed by atoms with E-state index >= 15 is 0 Å². The Morgan fingerprint density at radius 1 is 1.39 bits per heavy atom. The van der Waals surface area contributed by atoms with Crippen LogP contribution in [0.1, 0.15) is 5.76 Å². The number of non-ortho nitro benzene ring substituents is 1. The zero-order valence-electron chi connectivity index (χ0n) is 9.29. The van der Waals surface area contributed by atoms with Gasteiger partial charge in [-0.2, -0.15) is 0 Å². The van der Waals surface area contributed by atoms with E-state index in [0.29, 0.717) is 23.7 Å². The number of benzene rings is 1. The van der Waals surface area contributed by atoms with Crippen LogP contribution in [0.25, 0.3) is 0 Å². The van der Waals surface area contributed by atoms with E-state index in [-0.39, 0.29) is 5.69 Å². The van der Waals surface area contributed by atoms with Gasteiger partial charge in [-0.1, -0.05) is 5.16 Å². The van der Waals surface area contributed by atoms with Crippen LogP contribution >= 0.6 is 0 Å². The van der Waals surface area contributed by atoms with Crippen LogP contribution in [0.2, 0.25) is 0 Å². The van der Waals surface area contributed by atoms with Crippen LogP contribution in [0.15, 0.2) is 35.0 Å². The van der Waals surface area contributed by atoms with E-state index in [1.807, 2.05) is 0 Å². The number of nitro groups is 1. The second-order valence-corrected chi connectivity index (χ2v) is 3.50. The van der Waals surface area contributed by atoms with Gasteiger partial charge in [0.25, 0.3) is 5.69 Å². The molecule has 0 radical (unpaired) electrons. The summed E-state index contributed by atoms with van der Waals surface area (Å²) >= 11 is 0. The smallest absolute Gasteiger partial charge is 0.273 e. The zero-order chi connectivity index (χ0) is 13.0. The van der Waals surface area contributed by atoms with Gasteiger partial charge in [0.05, 0.1) is 23.4 Å². The van der Waals surface area contributed by atoms with Crippen molar-refractivity contribution in [3.05, 3.63) is 46.3 Å². The third-order valence-electron chi connectivity index (χ3n) is 2.25. The number of hydrazine groups is 1. The molecule has 0 aliphatic heterocycles. The first-order valence-electron chi connectivity index (χ1n) is 5.08. The van der Waals surface area contributed by atoms with E-state index < -0.39 is 4.92 Å². The van der Waals surface area contributed by atoms with Gasteiger partial charge < -0.3 is 15.3 Å². The molecule has 0 aliphatic rings. The maximum Gasteiger partial charge on any atom is 0.273 e. The lowest BCUT2D eigenvalue weighted by molar-refractivity contribution is -0.384. The first-order chi connectivity index (χ1) is 8.69. The molecule has 0 amide bonds. The molecule has 0 unspecified atom stereocenters. The van der Waals surface area contributed by atoms with Gasteiger partial charge in [0.15, 0.2) is 5.76 Å². The summed E-state index contributed by atoms with van der Waals surface area (Å²) < 4.78 is 4.90. The van der Waals surface area contributed by atoms with Crippen molar-refractivity contribution in [2.24, 2.45) is 5.84 Å². The monoisotopic (exact) mass is 249 g/mol. The van der Waals surface area contributed by atoms with Gasteiger partial charge in [0.2, 0.25) is 0 Å². The van der Waals surface area contributed by atoms with Crippen molar-refractivity contribution in [3.63, 3.8) is 0 Å². The molecule has 94 valence electrons. The Morgan fingerprint density at radius 3 is 2.78 bits per heavy atom. The third kappa shape index (κ3) is 2.74. The first kappa shape index (κ1) is 11.9. The Bertz CT molecular complexity index is 540. The van der Waals surface area contributed by atoms with Gasteiger partial charge in [-0.05, 0) is 6.07 Å². The Kier molecular flexibility index (Phi) is 3.39. The molecule has 1 aromatic carbocycles. The quantitative estimate of drug-likeness (QED) is 0.417. The lowest BCUT2D eigenvalue weighted by atomic mass is 10.2. The minimum atomic E-state index is -0.486. The van der Waals surface area contributed by atoms with Crippen molar-refractivity contribution in [3.8, 4) is 0 Å². The summed E-state index contributed by atoms with van der Waals surface area (Å²) in [4.78, 5) is 10.2. The molecule has 0 fully saturated rings. The topological polar surface area (TPSA) is 119 Å². The van der Waals surface area contributed by atoms with Gasteiger partial charge in [-0.25, -0.2) is 0 Å². The van der Waals surface area contributed by atoms with E-state index in [0.717, 1.165) is 0 Å². The fourth-order valence-corrected chi connectivity index (χ4v) is 1.42. The maximum absolute atomic E-state index is 10.7. The number of nitrogen functional groups attached to an aromatic ring is 1. The highest BCUT2D eigenvalue weighted by molar-refractivity contribution is 5.63. The third-order valence-corrected chi connectivity index (χ3v) is 2.25. The van der Waals surface area contributed by atoms with E-state index in [1.54, 1.807) is 12.1 Å². The number of nitro benzene ring substituents is 1. The average Bonchev–Trinajstić information content (AvgIpc) is 2.89. The molecule has 8 heteroatoms. The predicted molar refractivity (Wildman–Crippen MR) is 64.7 cm³/mol. The van der Waals surface area contributed by atoms with Crippen molar-refractivity contribution in [1.29, 1.82) is 0 Å². The average molecular weight is 249 g/mol. The van der Waals surface area contributed by atoms with Crippen LogP contribution in [0.5, 0.6) is 0 Å². The molecular weight excluding hydrogens is 238 g/mol. The van der Waals surface area contributed by atoms with Crippen molar-refractivity contribution in [1.82, 2.24) is 5.16 Å². The molecule has 0 aliphatic carbocycles. The molecule has 0 saturated carbocycles. The maximum atomic E-state index is 10.7. The number of nitrogens with zero attached hydrogens (tertiary/aromatic N) is 2. The summed E-state index contributed by atoms with van der Waals surface area (Å²) in [5, 5.41) is 17.3. The van der Waals surface area contributed by atoms with Crippen LogP contribution in [0.4, 0.5) is 17.1 Å². The van der Waals surface area contributed by atoms with Crippen molar-refractivity contribution in [2.75, 3.05) is 10.7 Å². The lowest BCUT2D eigenvalue weighted by Gasteiger charge is -2.06. The minimum Gasteiger partial charge on any atom is -0.377 e. The molecule has 0 atom stereocenters. The van der Waals surface area contributed by atoms with Crippen molar-refractivity contribution < 1.29 is 9.45 Å². The summed E-state index contributed by atoms with van der Waals surface area (Å²) in [6, 6.07) is 6.12. The Labute approximate surface area is 102 Å². The summed E-state index contributed by atoms with van der Waals surface area (Å²) in [6.45, 7) is 0.380. The van der Waals surface area contributed by atoms with E-state index in [2.05, 4.69) is 15.9 Å². The van der Waals surface area contributed by atoms with Gasteiger partial charge >= 0.3 is 0 Å². The molecule has 2 rings (SSSR count). The highest BCUT2D eigenvalue weighted by Gasteiger charge is 2.09. The summed E-state index contributed by atoms with van der Waals surface area (Å²) in [7, 11) is 0. The van der Waals surface area contributed by atoms with Crippen LogP contribution in [-0.2, 0) is 6.54 Å². The second-order valence-electron chi connectivity index (χ2n) is 3.50. The number of nitrogens with one attached hydrogen (secondary N) is 2. The zero-order valence-corrected chi connectivity index (χ0v) is 9.29. The highest BCUT2D eigenvalue weighted by Crippen LogP contribution is 2.24. The van der Waals surface area contributed by atoms with E-state index in [9.17, 15) is 10.1 Å². The van der Waals surface area contributed by atoms with Crippen LogP contribution in [0, 0.1) is 10.1 Å². The lowest BCUT2D eigenvalue weighted by Crippen LogP contribution is -2.08. The molecule has 18 heavy (non-hydrogen) atoms. The van der Waals surface area contributed by atoms with Gasteiger partial charge in [-0.15, -0.1) is 0 Å². The van der Waals surface area contributed by atoms with Crippen LogP contribution in [0.3, 0.4) is 0 Å². The highest BCUT2D eigenvalue weighted by atomic mass is 16.6. The fourth-order valence-electron chi connectivity index (χ4n) is 1.42. The predicted octanol–water partition coefficient (Wildman–Crippen LogP) is 1.48. The summed E-state index contributed by atoms with van der Waals surface area (Å²) in [5.41, 5.74) is 3.34. The van der Waals surface area contributed by atoms with Crippen LogP contribution in [-0.4, -0.2) is 10.1 Å². The van der Waals surface area contributed by atoms with E-state index in [1.165, 1.54) is 18.3 Å². The molecule has 0 bridgehead atoms. The molecule has 0 spiro atoms. The number of rotatable bonds is 5. The molecule has 0 saturated heterocycles. The van der Waals surface area contributed by atoms with E-state index in [4.69, 9.17) is 10.4 Å². The minimum absolute atomic E-state index is 0.0504. The molecule has 1 heterocycles. The van der Waals surface area contributed by atoms with Gasteiger partial charge in [0.1, 0.15) is 0 Å².